The predicted octanol–water partition coefficient (Wildman–Crippen LogP) is 4.14. The number of hydrogen-bond acceptors (Lipinski definition) is 1. The Kier molecular flexibility index (Phi) is 2.39. The number of hydrogen-bond donors (Lipinski definition) is 0. The third kappa shape index (κ3) is 2.15. The third-order valence-electron chi connectivity index (χ3n) is 3.56. The van der Waals surface area contributed by atoms with Crippen LogP contribution in [0.3, 0.4) is 0 Å². The molecule has 1 heteroatoms. The van der Waals surface area contributed by atoms with E-state index in [9.17, 15) is 4.79 Å². The number of ketones is 1. The molecule has 1 aliphatic rings. The fourth-order valence-electron chi connectivity index (χ4n) is 2.40. The van der Waals surface area contributed by atoms with Crippen molar-refractivity contribution in [2.24, 2.45) is 5.41 Å². The first kappa shape index (κ1) is 11.0. The number of rotatable bonds is 1. The molecule has 1 aliphatic carbocycles. The summed E-state index contributed by atoms with van der Waals surface area (Å²) in [5.41, 5.74) is 2.71. The monoisotopic (exact) mass is 231 g/mol. The maximum absolute atomic E-state index is 12.3. The minimum Gasteiger partial charge on any atom is -0.294 e. The third-order valence-corrected chi connectivity index (χ3v) is 3.56. The topological polar surface area (TPSA) is 17.1 Å². The first-order valence-corrected chi connectivity index (χ1v) is 6.24. The van der Waals surface area contributed by atoms with Crippen molar-refractivity contribution >= 4 is 5.78 Å². The van der Waals surface area contributed by atoms with Crippen LogP contribution in [-0.4, -0.2) is 5.78 Å². The van der Waals surface area contributed by atoms with Crippen molar-refractivity contribution in [3.05, 3.63) is 34.9 Å². The molecule has 1 atom stereocenters. The molecule has 0 amide bonds. The van der Waals surface area contributed by atoms with Crippen LogP contribution >= 0.6 is 0 Å². The van der Waals surface area contributed by atoms with Gasteiger partial charge in [0.25, 0.3) is 0 Å². The van der Waals surface area contributed by atoms with Gasteiger partial charge in [0.1, 0.15) is 0 Å². The molecule has 0 radical (unpaired) electrons. The SMILES string of the molecule is [2H]C1CC(C)(C)c2ccc(C(=O)C(C)(C)C)cc21. The van der Waals surface area contributed by atoms with Crippen LogP contribution in [0.2, 0.25) is 0 Å². The smallest absolute Gasteiger partial charge is 0.168 e. The molecule has 1 aromatic carbocycles. The summed E-state index contributed by atoms with van der Waals surface area (Å²) in [7, 11) is 0. The van der Waals surface area contributed by atoms with Gasteiger partial charge in [-0.15, -0.1) is 0 Å². The quantitative estimate of drug-likeness (QED) is 0.664. The Bertz CT molecular complexity index is 494. The van der Waals surface area contributed by atoms with Crippen molar-refractivity contribution < 1.29 is 6.17 Å². The van der Waals surface area contributed by atoms with Gasteiger partial charge in [-0.25, -0.2) is 0 Å². The largest absolute Gasteiger partial charge is 0.294 e. The molecule has 0 heterocycles. The van der Waals surface area contributed by atoms with Gasteiger partial charge in [0.05, 0.1) is 0 Å². The second-order valence-electron chi connectivity index (χ2n) is 6.67. The van der Waals surface area contributed by atoms with Crippen LogP contribution in [0.4, 0.5) is 0 Å². The maximum atomic E-state index is 12.3. The number of fused-ring (bicyclic) bond motifs is 1. The molecule has 2 rings (SSSR count). The first-order chi connectivity index (χ1) is 8.13. The lowest BCUT2D eigenvalue weighted by Gasteiger charge is -2.20. The average molecular weight is 231 g/mol. The number of aryl methyl sites for hydroxylation is 1. The number of Topliss-reactive ketones (excluding diaryl/α,β-unsaturated/α-hetero) is 1. The average Bonchev–Trinajstić information content (AvgIpc) is 2.47. The summed E-state index contributed by atoms with van der Waals surface area (Å²) in [4.78, 5) is 12.3. The standard InChI is InChI=1S/C16H22O/c1-15(2,3)14(17)12-6-7-13-11(10-12)8-9-16(13,4)5/h6-7,10H,8-9H2,1-5H3/i8D. The van der Waals surface area contributed by atoms with E-state index in [1.807, 2.05) is 39.0 Å². The molecule has 0 N–H and O–H groups in total. The first-order valence-electron chi connectivity index (χ1n) is 6.82. The highest BCUT2D eigenvalue weighted by atomic mass is 16.1. The predicted molar refractivity (Wildman–Crippen MR) is 71.6 cm³/mol. The Hall–Kier alpha value is -1.11. The Morgan fingerprint density at radius 1 is 1.35 bits per heavy atom. The summed E-state index contributed by atoms with van der Waals surface area (Å²) in [5.74, 6) is 0.155. The second kappa shape index (κ2) is 3.69. The van der Waals surface area contributed by atoms with Crippen molar-refractivity contribution in [2.45, 2.75) is 52.9 Å². The Labute approximate surface area is 106 Å². The van der Waals surface area contributed by atoms with Gasteiger partial charge in [-0.05, 0) is 35.4 Å². The zero-order valence-corrected chi connectivity index (χ0v) is 11.4. The second-order valence-corrected chi connectivity index (χ2v) is 6.67. The molecule has 92 valence electrons. The van der Waals surface area contributed by atoms with E-state index in [4.69, 9.17) is 1.37 Å². The zero-order chi connectivity index (χ0) is 13.7. The highest BCUT2D eigenvalue weighted by Gasteiger charge is 2.31. The van der Waals surface area contributed by atoms with Crippen LogP contribution in [0.15, 0.2) is 18.2 Å². The molecule has 1 nitrogen and oxygen atoms in total. The molecule has 0 saturated heterocycles. The van der Waals surface area contributed by atoms with Gasteiger partial charge >= 0.3 is 0 Å². The lowest BCUT2D eigenvalue weighted by atomic mass is 9.83. The number of carbonyl (C=O) groups excluding carboxylic acids is 1. The van der Waals surface area contributed by atoms with Crippen molar-refractivity contribution in [3.8, 4) is 0 Å². The van der Waals surface area contributed by atoms with Gasteiger partial charge in [-0.2, -0.15) is 0 Å². The van der Waals surface area contributed by atoms with E-state index >= 15 is 0 Å². The minimum atomic E-state index is -0.361. The molecular formula is C16H22O. The fraction of sp³-hybridized carbons (Fsp3) is 0.562. The summed E-state index contributed by atoms with van der Waals surface area (Å²) >= 11 is 0. The summed E-state index contributed by atoms with van der Waals surface area (Å²) in [6.07, 6.45) is 0.651. The van der Waals surface area contributed by atoms with E-state index in [2.05, 4.69) is 13.8 Å². The van der Waals surface area contributed by atoms with Gasteiger partial charge < -0.3 is 0 Å². The van der Waals surface area contributed by atoms with E-state index in [0.29, 0.717) is 0 Å². The molecule has 0 fully saturated rings. The van der Waals surface area contributed by atoms with Crippen LogP contribution in [0.1, 0.15) is 63.9 Å². The van der Waals surface area contributed by atoms with E-state index in [0.717, 1.165) is 17.5 Å². The van der Waals surface area contributed by atoms with Gasteiger partial charge in [0, 0.05) is 12.3 Å². The van der Waals surface area contributed by atoms with Crippen LogP contribution in [0.5, 0.6) is 0 Å². The Morgan fingerprint density at radius 2 is 2.00 bits per heavy atom. The van der Waals surface area contributed by atoms with Crippen LogP contribution in [0.25, 0.3) is 0 Å². The Balaban J connectivity index is 2.47. The molecular weight excluding hydrogens is 208 g/mol. The van der Waals surface area contributed by atoms with Crippen molar-refractivity contribution in [1.82, 2.24) is 0 Å². The fourth-order valence-corrected chi connectivity index (χ4v) is 2.40. The number of benzene rings is 1. The minimum absolute atomic E-state index is 0.0606. The zero-order valence-electron chi connectivity index (χ0n) is 12.4. The molecule has 0 bridgehead atoms. The van der Waals surface area contributed by atoms with Gasteiger partial charge in [-0.1, -0.05) is 46.8 Å². The highest BCUT2D eigenvalue weighted by molar-refractivity contribution is 6.00. The van der Waals surface area contributed by atoms with Crippen LogP contribution in [-0.2, 0) is 11.8 Å². The van der Waals surface area contributed by atoms with E-state index in [1.54, 1.807) is 0 Å². The van der Waals surface area contributed by atoms with Gasteiger partial charge in [0.2, 0.25) is 0 Å². The Morgan fingerprint density at radius 3 is 2.59 bits per heavy atom. The van der Waals surface area contributed by atoms with E-state index < -0.39 is 0 Å². The highest BCUT2D eigenvalue weighted by Crippen LogP contribution is 2.39. The molecule has 0 spiro atoms. The summed E-state index contributed by atoms with van der Waals surface area (Å²) in [6.45, 7) is 10.2. The van der Waals surface area contributed by atoms with E-state index in [-0.39, 0.29) is 23.0 Å². The van der Waals surface area contributed by atoms with Gasteiger partial charge in [0.15, 0.2) is 5.78 Å². The normalized spacial score (nSPS) is 23.1. The maximum Gasteiger partial charge on any atom is 0.168 e. The van der Waals surface area contributed by atoms with E-state index in [1.165, 1.54) is 5.56 Å². The molecule has 0 aromatic heterocycles. The summed E-state index contributed by atoms with van der Waals surface area (Å²) < 4.78 is 8.15. The lowest BCUT2D eigenvalue weighted by molar-refractivity contribution is 0.0858. The van der Waals surface area contributed by atoms with Crippen LogP contribution < -0.4 is 0 Å². The van der Waals surface area contributed by atoms with Crippen LogP contribution in [0, 0.1) is 5.41 Å². The molecule has 0 saturated carbocycles. The van der Waals surface area contributed by atoms with Crippen molar-refractivity contribution in [1.29, 1.82) is 0 Å². The lowest BCUT2D eigenvalue weighted by Crippen LogP contribution is -2.20. The van der Waals surface area contributed by atoms with Crippen molar-refractivity contribution in [2.75, 3.05) is 0 Å². The van der Waals surface area contributed by atoms with Gasteiger partial charge in [-0.3, -0.25) is 4.79 Å². The molecule has 17 heavy (non-hydrogen) atoms. The van der Waals surface area contributed by atoms with Crippen molar-refractivity contribution in [3.63, 3.8) is 0 Å². The molecule has 1 aromatic rings. The number of carbonyl (C=O) groups is 1. The molecule has 0 aliphatic heterocycles. The summed E-state index contributed by atoms with van der Waals surface area (Å²) in [5, 5.41) is 0. The molecule has 1 unspecified atom stereocenters. The summed E-state index contributed by atoms with van der Waals surface area (Å²) in [6, 6.07) is 5.91.